The predicted octanol–water partition coefficient (Wildman–Crippen LogP) is 3.89. The van der Waals surface area contributed by atoms with Gasteiger partial charge in [-0.15, -0.1) is 0 Å². The van der Waals surface area contributed by atoms with Crippen molar-refractivity contribution < 1.29 is 13.2 Å². The van der Waals surface area contributed by atoms with Gasteiger partial charge in [-0.05, 0) is 26.2 Å². The zero-order valence-electron chi connectivity index (χ0n) is 10.1. The van der Waals surface area contributed by atoms with E-state index >= 15 is 0 Å². The summed E-state index contributed by atoms with van der Waals surface area (Å²) < 4.78 is 37.0. The monoisotopic (exact) mass is 237 g/mol. The summed E-state index contributed by atoms with van der Waals surface area (Å²) in [5.74, 6) is 0.622. The summed E-state index contributed by atoms with van der Waals surface area (Å²) >= 11 is 0. The van der Waals surface area contributed by atoms with E-state index in [-0.39, 0.29) is 6.04 Å². The molecule has 0 spiro atoms. The third-order valence-electron chi connectivity index (χ3n) is 3.44. The summed E-state index contributed by atoms with van der Waals surface area (Å²) in [5, 5.41) is 2.64. The van der Waals surface area contributed by atoms with Crippen LogP contribution in [0.25, 0.3) is 0 Å². The Morgan fingerprint density at radius 2 is 1.69 bits per heavy atom. The lowest BCUT2D eigenvalue weighted by Gasteiger charge is -2.27. The zero-order chi connectivity index (χ0) is 12.2. The highest BCUT2D eigenvalue weighted by atomic mass is 19.4. The number of nitrogens with one attached hydrogen (secondary N) is 1. The molecule has 0 aliphatic heterocycles. The second-order valence-corrected chi connectivity index (χ2v) is 5.07. The van der Waals surface area contributed by atoms with Crippen molar-refractivity contribution in [2.24, 2.45) is 5.92 Å². The molecule has 96 valence electrons. The van der Waals surface area contributed by atoms with Gasteiger partial charge in [-0.25, -0.2) is 0 Å². The van der Waals surface area contributed by atoms with Crippen LogP contribution in [0.3, 0.4) is 0 Å². The van der Waals surface area contributed by atoms with Crippen LogP contribution >= 0.6 is 0 Å². The van der Waals surface area contributed by atoms with E-state index < -0.39 is 12.2 Å². The van der Waals surface area contributed by atoms with Gasteiger partial charge in [-0.3, -0.25) is 0 Å². The van der Waals surface area contributed by atoms with Gasteiger partial charge in [0.05, 0.1) is 0 Å². The lowest BCUT2D eigenvalue weighted by atomic mass is 9.85. The Kier molecular flexibility index (Phi) is 5.09. The van der Waals surface area contributed by atoms with Gasteiger partial charge in [-0.1, -0.05) is 32.1 Å². The van der Waals surface area contributed by atoms with Crippen LogP contribution in [0.1, 0.15) is 52.4 Å². The molecule has 0 bridgehead atoms. The van der Waals surface area contributed by atoms with Crippen molar-refractivity contribution >= 4 is 0 Å². The molecule has 2 atom stereocenters. The largest absolute Gasteiger partial charge is 0.403 e. The second kappa shape index (κ2) is 5.89. The molecule has 0 aromatic heterocycles. The first kappa shape index (κ1) is 13.8. The maximum absolute atomic E-state index is 12.3. The first-order valence-corrected chi connectivity index (χ1v) is 6.22. The van der Waals surface area contributed by atoms with Crippen LogP contribution in [0.5, 0.6) is 0 Å². The Labute approximate surface area is 95.8 Å². The topological polar surface area (TPSA) is 12.0 Å². The first-order valence-electron chi connectivity index (χ1n) is 6.22. The molecule has 0 heterocycles. The standard InChI is InChI=1S/C12H22F3N/c1-9(16-10(2)12(13,14)15)8-11-6-4-3-5-7-11/h9-11,16H,3-8H2,1-2H3. The quantitative estimate of drug-likeness (QED) is 0.782. The smallest absolute Gasteiger partial charge is 0.304 e. The third-order valence-corrected chi connectivity index (χ3v) is 3.44. The Bertz CT molecular complexity index is 197. The van der Waals surface area contributed by atoms with Gasteiger partial charge in [0.15, 0.2) is 0 Å². The number of hydrogen-bond acceptors (Lipinski definition) is 1. The predicted molar refractivity (Wildman–Crippen MR) is 59.3 cm³/mol. The molecule has 1 rings (SSSR count). The minimum atomic E-state index is -4.12. The van der Waals surface area contributed by atoms with Gasteiger partial charge in [-0.2, -0.15) is 13.2 Å². The Balaban J connectivity index is 2.26. The normalized spacial score (nSPS) is 23.1. The summed E-state index contributed by atoms with van der Waals surface area (Å²) in [6.07, 6.45) is 2.90. The average molecular weight is 237 g/mol. The molecule has 1 N–H and O–H groups in total. The van der Waals surface area contributed by atoms with E-state index in [0.29, 0.717) is 5.92 Å². The van der Waals surface area contributed by atoms with Crippen LogP contribution in [0.15, 0.2) is 0 Å². The van der Waals surface area contributed by atoms with Gasteiger partial charge in [0.25, 0.3) is 0 Å². The highest BCUT2D eigenvalue weighted by Gasteiger charge is 2.36. The average Bonchev–Trinajstić information content (AvgIpc) is 2.17. The highest BCUT2D eigenvalue weighted by Crippen LogP contribution is 2.28. The Morgan fingerprint density at radius 3 is 2.19 bits per heavy atom. The van der Waals surface area contributed by atoms with Crippen LogP contribution in [0.4, 0.5) is 13.2 Å². The molecule has 1 saturated carbocycles. The van der Waals surface area contributed by atoms with E-state index in [1.807, 2.05) is 6.92 Å². The molecule has 1 nitrogen and oxygen atoms in total. The molecule has 0 aromatic rings. The molecule has 16 heavy (non-hydrogen) atoms. The van der Waals surface area contributed by atoms with Crippen LogP contribution in [-0.2, 0) is 0 Å². The van der Waals surface area contributed by atoms with E-state index in [0.717, 1.165) is 6.42 Å². The SMILES string of the molecule is CC(CC1CCCCC1)NC(C)C(F)(F)F. The van der Waals surface area contributed by atoms with Crippen molar-refractivity contribution in [3.05, 3.63) is 0 Å². The molecule has 0 aromatic carbocycles. The van der Waals surface area contributed by atoms with E-state index in [2.05, 4.69) is 5.32 Å². The molecular formula is C12H22F3N. The number of alkyl halides is 3. The molecule has 0 radical (unpaired) electrons. The van der Waals surface area contributed by atoms with Crippen LogP contribution in [0, 0.1) is 5.92 Å². The molecular weight excluding hydrogens is 215 g/mol. The molecule has 4 heteroatoms. The molecule has 2 unspecified atom stereocenters. The maximum atomic E-state index is 12.3. The Hall–Kier alpha value is -0.250. The molecule has 1 aliphatic carbocycles. The van der Waals surface area contributed by atoms with Crippen LogP contribution < -0.4 is 5.32 Å². The van der Waals surface area contributed by atoms with Gasteiger partial charge >= 0.3 is 6.18 Å². The second-order valence-electron chi connectivity index (χ2n) is 5.07. The van der Waals surface area contributed by atoms with E-state index in [1.165, 1.54) is 39.0 Å². The molecule has 0 saturated heterocycles. The summed E-state index contributed by atoms with van der Waals surface area (Å²) in [5.41, 5.74) is 0. The van der Waals surface area contributed by atoms with Crippen molar-refractivity contribution in [1.82, 2.24) is 5.32 Å². The minimum Gasteiger partial charge on any atom is -0.304 e. The van der Waals surface area contributed by atoms with Gasteiger partial charge in [0, 0.05) is 6.04 Å². The molecule has 1 fully saturated rings. The van der Waals surface area contributed by atoms with Gasteiger partial charge in [0.1, 0.15) is 6.04 Å². The fraction of sp³-hybridized carbons (Fsp3) is 1.00. The lowest BCUT2D eigenvalue weighted by molar-refractivity contribution is -0.153. The van der Waals surface area contributed by atoms with Crippen molar-refractivity contribution in [3.8, 4) is 0 Å². The third kappa shape index (κ3) is 4.73. The van der Waals surface area contributed by atoms with E-state index in [4.69, 9.17) is 0 Å². The van der Waals surface area contributed by atoms with Crippen molar-refractivity contribution in [2.45, 2.75) is 70.6 Å². The number of halogens is 3. The van der Waals surface area contributed by atoms with Crippen LogP contribution in [0.2, 0.25) is 0 Å². The van der Waals surface area contributed by atoms with E-state index in [9.17, 15) is 13.2 Å². The van der Waals surface area contributed by atoms with Crippen molar-refractivity contribution in [2.75, 3.05) is 0 Å². The van der Waals surface area contributed by atoms with E-state index in [1.54, 1.807) is 0 Å². The summed E-state index contributed by atoms with van der Waals surface area (Å²) in [4.78, 5) is 0. The van der Waals surface area contributed by atoms with Crippen molar-refractivity contribution in [1.29, 1.82) is 0 Å². The summed E-state index contributed by atoms with van der Waals surface area (Å²) in [6, 6.07) is -1.44. The number of rotatable bonds is 4. The number of hydrogen-bond donors (Lipinski definition) is 1. The fourth-order valence-electron chi connectivity index (χ4n) is 2.51. The summed E-state index contributed by atoms with van der Waals surface area (Å²) in [7, 11) is 0. The molecule has 1 aliphatic rings. The minimum absolute atomic E-state index is 0.0419. The van der Waals surface area contributed by atoms with Gasteiger partial charge in [0.2, 0.25) is 0 Å². The first-order chi connectivity index (χ1) is 7.39. The molecule has 0 amide bonds. The Morgan fingerprint density at radius 1 is 1.12 bits per heavy atom. The fourth-order valence-corrected chi connectivity index (χ4v) is 2.51. The lowest BCUT2D eigenvalue weighted by Crippen LogP contribution is -2.44. The highest BCUT2D eigenvalue weighted by molar-refractivity contribution is 4.77. The van der Waals surface area contributed by atoms with Crippen LogP contribution in [-0.4, -0.2) is 18.3 Å². The summed E-state index contributed by atoms with van der Waals surface area (Å²) in [6.45, 7) is 3.05. The van der Waals surface area contributed by atoms with Gasteiger partial charge < -0.3 is 5.32 Å². The maximum Gasteiger partial charge on any atom is 0.403 e. The zero-order valence-corrected chi connectivity index (χ0v) is 10.1. The van der Waals surface area contributed by atoms with Crippen molar-refractivity contribution in [3.63, 3.8) is 0 Å².